The second kappa shape index (κ2) is 31.0. The minimum absolute atomic E-state index is 0. The molecule has 4 N–H and O–H groups in total. The van der Waals surface area contributed by atoms with Crippen LogP contribution in [-0.4, -0.2) is 93.8 Å². The van der Waals surface area contributed by atoms with Crippen LogP contribution in [0.15, 0.2) is 0 Å². The van der Waals surface area contributed by atoms with E-state index in [1.54, 1.807) is 0 Å². The first-order valence-corrected chi connectivity index (χ1v) is 0.707. The molecule has 0 aliphatic carbocycles. The van der Waals surface area contributed by atoms with Crippen molar-refractivity contribution in [1.82, 2.24) is 0 Å². The molecule has 0 unspecified atom stereocenters. The van der Waals surface area contributed by atoms with E-state index in [1.165, 1.54) is 0 Å². The van der Waals surface area contributed by atoms with Crippen LogP contribution in [0.3, 0.4) is 0 Å². The van der Waals surface area contributed by atoms with E-state index in [0.717, 1.165) is 0 Å². The first-order valence-electron chi connectivity index (χ1n) is 0.707. The van der Waals surface area contributed by atoms with E-state index in [2.05, 4.69) is 0 Å². The van der Waals surface area contributed by atoms with Crippen LogP contribution in [0.4, 0.5) is 0 Å². The van der Waals surface area contributed by atoms with E-state index >= 15 is 0 Å². The summed E-state index contributed by atoms with van der Waals surface area (Å²) in [6.07, 6.45) is 0. The van der Waals surface area contributed by atoms with Gasteiger partial charge in [-0.1, -0.05) is 0 Å². The van der Waals surface area contributed by atoms with Crippen molar-refractivity contribution in [1.29, 1.82) is 0 Å². The molecule has 0 amide bonds. The molecule has 0 bridgehead atoms. The molecule has 0 radical (unpaired) electrons. The molecule has 0 saturated heterocycles. The third-order valence-corrected chi connectivity index (χ3v) is 0. The maximum atomic E-state index is 8.42. The van der Waals surface area contributed by atoms with Crippen molar-refractivity contribution in [3.8, 4) is 0 Å². The van der Waals surface area contributed by atoms with Crippen molar-refractivity contribution in [2.24, 2.45) is 0 Å². The van der Waals surface area contributed by atoms with Crippen LogP contribution in [0.1, 0.15) is 0 Å². The predicted octanol–water partition coefficient (Wildman–Crippen LogP) is -9.35. The molecule has 0 fully saturated rings. The van der Waals surface area contributed by atoms with E-state index in [1.807, 2.05) is 0 Å². The molecular formula is H4BCa2ClO5. The summed E-state index contributed by atoms with van der Waals surface area (Å²) in [5.41, 5.74) is 0. The fraction of sp³-hybridized carbons (Fsp3) is 0. The van der Waals surface area contributed by atoms with Gasteiger partial charge in [-0.2, -0.15) is 0 Å². The van der Waals surface area contributed by atoms with Crippen molar-refractivity contribution in [3.63, 3.8) is 0 Å². The number of rotatable bonds is 0. The van der Waals surface area contributed by atoms with E-state index in [0.29, 0.717) is 0 Å². The van der Waals surface area contributed by atoms with Gasteiger partial charge in [0.05, 0.1) is 0 Å². The Hall–Kier alpha value is 2.67. The molecule has 0 aromatic rings. The van der Waals surface area contributed by atoms with Crippen LogP contribution >= 0.6 is 0 Å². The standard InChI is InChI=1S/BO3.2Ca.ClH.2H2O/c2-1(3)4;;;;;/h;;;1H;2*1H2/q-3;2*+2;;;/p-1. The van der Waals surface area contributed by atoms with E-state index in [-0.39, 0.29) is 98.8 Å². The van der Waals surface area contributed by atoms with Crippen molar-refractivity contribution in [2.75, 3.05) is 0 Å². The zero-order valence-corrected chi connectivity index (χ0v) is 9.77. The Balaban J connectivity index is -0.00000000450. The van der Waals surface area contributed by atoms with Crippen molar-refractivity contribution < 1.29 is 38.4 Å². The number of hydrogen-bond donors (Lipinski definition) is 0. The van der Waals surface area contributed by atoms with Gasteiger partial charge in [-0.15, -0.1) is 0 Å². The zero-order valence-electron chi connectivity index (χ0n) is 4.59. The fourth-order valence-electron chi connectivity index (χ4n) is 0. The monoisotopic (exact) mass is 210 g/mol. The van der Waals surface area contributed by atoms with Gasteiger partial charge < -0.3 is 38.4 Å². The molecule has 0 spiro atoms. The van der Waals surface area contributed by atoms with Crippen LogP contribution in [0.2, 0.25) is 0 Å². The minimum Gasteiger partial charge on any atom is -1.00 e. The number of hydrogen-bond acceptors (Lipinski definition) is 3. The Morgan fingerprint density at radius 2 is 0.778 bits per heavy atom. The molecule has 0 heterocycles. The molecule has 5 nitrogen and oxygen atoms in total. The van der Waals surface area contributed by atoms with Crippen molar-refractivity contribution in [2.45, 2.75) is 0 Å². The second-order valence-electron chi connectivity index (χ2n) is 0.289. The van der Waals surface area contributed by atoms with Gasteiger partial charge in [-0.05, 0) is 0 Å². The minimum atomic E-state index is -2.92. The maximum absolute atomic E-state index is 8.42. The maximum Gasteiger partial charge on any atom is 2.00 e. The largest absolute Gasteiger partial charge is 2.00 e. The van der Waals surface area contributed by atoms with Crippen LogP contribution < -0.4 is 27.5 Å². The average Bonchev–Trinajstić information content (AvgIpc) is 0.811. The van der Waals surface area contributed by atoms with Crippen LogP contribution in [0.5, 0.6) is 0 Å². The van der Waals surface area contributed by atoms with Crippen LogP contribution in [0, 0.1) is 0 Å². The summed E-state index contributed by atoms with van der Waals surface area (Å²) in [6.45, 7) is 0. The SMILES string of the molecule is O.O.[Ca+2].[Ca+2].[Cl-].[O-]B([O-])[O-]. The molecule has 0 atom stereocenters. The molecule has 9 heavy (non-hydrogen) atoms. The molecule has 0 aromatic heterocycles. The van der Waals surface area contributed by atoms with E-state index in [9.17, 15) is 0 Å². The van der Waals surface area contributed by atoms with Gasteiger partial charge in [0.1, 0.15) is 0 Å². The molecule has 0 aromatic carbocycles. The van der Waals surface area contributed by atoms with Gasteiger partial charge in [0.25, 0.3) is 0 Å². The summed E-state index contributed by atoms with van der Waals surface area (Å²) in [4.78, 5) is 0. The Morgan fingerprint density at radius 3 is 0.778 bits per heavy atom. The van der Waals surface area contributed by atoms with Gasteiger partial charge in [-0.25, -0.2) is 0 Å². The first-order chi connectivity index (χ1) is 1.73. The molecule has 0 saturated carbocycles. The third-order valence-electron chi connectivity index (χ3n) is 0. The predicted molar refractivity (Wildman–Crippen MR) is 24.5 cm³/mol. The van der Waals surface area contributed by atoms with Gasteiger partial charge in [-0.3, -0.25) is 7.32 Å². The Bertz CT molecular complexity index is 19.7. The summed E-state index contributed by atoms with van der Waals surface area (Å²) < 4.78 is 0. The van der Waals surface area contributed by atoms with Gasteiger partial charge >= 0.3 is 75.5 Å². The fourth-order valence-corrected chi connectivity index (χ4v) is 0. The normalized spacial score (nSPS) is 3.00. The molecule has 0 rings (SSSR count). The topological polar surface area (TPSA) is 132 Å². The summed E-state index contributed by atoms with van der Waals surface area (Å²) in [7, 11) is -2.92. The molecule has 0 aliphatic rings. The molecule has 48 valence electrons. The summed E-state index contributed by atoms with van der Waals surface area (Å²) >= 11 is 0. The van der Waals surface area contributed by atoms with E-state index in [4.69, 9.17) is 15.1 Å². The zero-order chi connectivity index (χ0) is 3.58. The van der Waals surface area contributed by atoms with Crippen molar-refractivity contribution in [3.05, 3.63) is 0 Å². The first kappa shape index (κ1) is 41.3. The molecule has 0 aliphatic heterocycles. The van der Waals surface area contributed by atoms with E-state index < -0.39 is 7.32 Å². The van der Waals surface area contributed by atoms with Crippen molar-refractivity contribution >= 4 is 82.8 Å². The van der Waals surface area contributed by atoms with Crippen LogP contribution in [-0.2, 0) is 0 Å². The number of halogens is 1. The molecular weight excluding hydrogens is 206 g/mol. The van der Waals surface area contributed by atoms with Crippen LogP contribution in [0.25, 0.3) is 0 Å². The summed E-state index contributed by atoms with van der Waals surface area (Å²) in [5.74, 6) is 0. The Morgan fingerprint density at radius 1 is 0.778 bits per heavy atom. The molecule has 9 heteroatoms. The quantitative estimate of drug-likeness (QED) is 0.368. The van der Waals surface area contributed by atoms with Gasteiger partial charge in [0.2, 0.25) is 0 Å². The van der Waals surface area contributed by atoms with Gasteiger partial charge in [0, 0.05) is 0 Å². The third kappa shape index (κ3) is 112. The smallest absolute Gasteiger partial charge is 1.00 e. The Labute approximate surface area is 119 Å². The summed E-state index contributed by atoms with van der Waals surface area (Å²) in [6, 6.07) is 0. The summed E-state index contributed by atoms with van der Waals surface area (Å²) in [5, 5.41) is 25.2. The second-order valence-corrected chi connectivity index (χ2v) is 0.289. The average molecular weight is 210 g/mol. The van der Waals surface area contributed by atoms with Gasteiger partial charge in [0.15, 0.2) is 0 Å². The Kier molecular flexibility index (Phi) is 142.